The third-order valence-electron chi connectivity index (χ3n) is 6.79. The maximum atomic E-state index is 12.6. The molecule has 0 radical (unpaired) electrons. The van der Waals surface area contributed by atoms with Gasteiger partial charge in [0.2, 0.25) is 5.91 Å². The summed E-state index contributed by atoms with van der Waals surface area (Å²) in [5.74, 6) is 1.54. The molecule has 0 aliphatic rings. The molecule has 0 aliphatic carbocycles. The number of ether oxygens (including phenoxy) is 1. The van der Waals surface area contributed by atoms with Crippen LogP contribution in [-0.4, -0.2) is 5.91 Å². The smallest absolute Gasteiger partial charge is 0.224 e. The van der Waals surface area contributed by atoms with Gasteiger partial charge in [-0.1, -0.05) is 82.5 Å². The summed E-state index contributed by atoms with van der Waals surface area (Å²) in [6.45, 7) is 9.18. The predicted octanol–water partition coefficient (Wildman–Crippen LogP) is 9.86. The Labute approximate surface area is 226 Å². The van der Waals surface area contributed by atoms with Crippen LogP contribution in [0.2, 0.25) is 0 Å². The number of hydrogen-bond acceptors (Lipinski definition) is 3. The molecule has 0 spiro atoms. The van der Waals surface area contributed by atoms with Crippen LogP contribution in [0, 0.1) is 5.92 Å². The molecule has 0 saturated carbocycles. The molecule has 3 aromatic rings. The van der Waals surface area contributed by atoms with Crippen LogP contribution in [0.25, 0.3) is 5.57 Å². The van der Waals surface area contributed by atoms with Crippen molar-refractivity contribution in [1.82, 2.24) is 0 Å². The van der Waals surface area contributed by atoms with E-state index in [9.17, 15) is 4.79 Å². The van der Waals surface area contributed by atoms with Crippen LogP contribution in [-0.2, 0) is 11.4 Å². The summed E-state index contributed by atoms with van der Waals surface area (Å²) in [5, 5.41) is 6.65. The van der Waals surface area contributed by atoms with Crippen LogP contribution in [0.4, 0.5) is 17.1 Å². The van der Waals surface area contributed by atoms with E-state index >= 15 is 0 Å². The molecule has 4 heteroatoms. The lowest BCUT2D eigenvalue weighted by molar-refractivity contribution is -0.116. The Bertz CT molecular complexity index is 1170. The quantitative estimate of drug-likeness (QED) is 0.231. The minimum atomic E-state index is 0. The Morgan fingerprint density at radius 1 is 0.946 bits per heavy atom. The number of carbonyl (C=O) groups is 1. The molecule has 3 aromatic carbocycles. The van der Waals surface area contributed by atoms with Gasteiger partial charge in [0.1, 0.15) is 12.4 Å². The van der Waals surface area contributed by atoms with E-state index in [4.69, 9.17) is 4.74 Å². The number of anilines is 3. The van der Waals surface area contributed by atoms with Crippen molar-refractivity contribution < 1.29 is 12.4 Å². The van der Waals surface area contributed by atoms with Crippen LogP contribution in [0.15, 0.2) is 78.9 Å². The standard InChI is InChI=1S/C33H42N2O2.2H2/c1-5-13-25(6-2)18-21-33(36)35-29-17-12-16-28(22-29)34-32-20-19-30(23-31(32)27(7-3)8-4)37-24-26-14-10-9-11-15-26;;/h7,9-12,14-17,19-20,22-23,25,34H,5-6,8,13,18,21,24H2,1-4H3,(H,35,36);2*1H/b27-7+;;. The van der Waals surface area contributed by atoms with Gasteiger partial charge in [-0.15, -0.1) is 0 Å². The summed E-state index contributed by atoms with van der Waals surface area (Å²) in [6.07, 6.45) is 8.06. The zero-order chi connectivity index (χ0) is 26.5. The van der Waals surface area contributed by atoms with E-state index < -0.39 is 0 Å². The topological polar surface area (TPSA) is 50.4 Å². The monoisotopic (exact) mass is 502 g/mol. The van der Waals surface area contributed by atoms with E-state index in [2.05, 4.69) is 68.7 Å². The molecule has 0 fully saturated rings. The Hall–Kier alpha value is -3.53. The summed E-state index contributed by atoms with van der Waals surface area (Å²) in [6, 6.07) is 24.3. The maximum absolute atomic E-state index is 12.6. The first-order valence-electron chi connectivity index (χ1n) is 13.7. The van der Waals surface area contributed by atoms with Gasteiger partial charge in [0.05, 0.1) is 0 Å². The van der Waals surface area contributed by atoms with E-state index in [1.807, 2.05) is 48.5 Å². The third kappa shape index (κ3) is 8.82. The Kier molecular flexibility index (Phi) is 11.3. The molecular weight excluding hydrogens is 456 g/mol. The molecule has 0 saturated heterocycles. The summed E-state index contributed by atoms with van der Waals surface area (Å²) < 4.78 is 6.10. The highest BCUT2D eigenvalue weighted by atomic mass is 16.5. The van der Waals surface area contributed by atoms with Crippen LogP contribution in [0.1, 0.15) is 80.2 Å². The van der Waals surface area contributed by atoms with Gasteiger partial charge in [-0.05, 0) is 73.2 Å². The van der Waals surface area contributed by atoms with Crippen molar-refractivity contribution in [2.75, 3.05) is 10.6 Å². The molecule has 200 valence electrons. The van der Waals surface area contributed by atoms with Crippen molar-refractivity contribution in [3.05, 3.63) is 90.0 Å². The van der Waals surface area contributed by atoms with Gasteiger partial charge in [0, 0.05) is 31.9 Å². The second-order valence-corrected chi connectivity index (χ2v) is 9.50. The maximum Gasteiger partial charge on any atom is 0.224 e. The second kappa shape index (κ2) is 14.9. The van der Waals surface area contributed by atoms with Crippen molar-refractivity contribution in [2.24, 2.45) is 5.92 Å². The SMILES string of the molecule is C/C=C(\CC)c1cc(OCc2ccccc2)ccc1Nc1cccc(NC(=O)CCC(CC)CCC)c1.[HH].[HH]. The number of nitrogens with one attached hydrogen (secondary N) is 2. The highest BCUT2D eigenvalue weighted by molar-refractivity contribution is 5.91. The van der Waals surface area contributed by atoms with Crippen LogP contribution in [0.3, 0.4) is 0 Å². The molecule has 1 unspecified atom stereocenters. The van der Waals surface area contributed by atoms with Crippen LogP contribution in [0.5, 0.6) is 5.75 Å². The number of amides is 1. The van der Waals surface area contributed by atoms with Gasteiger partial charge in [0.25, 0.3) is 0 Å². The largest absolute Gasteiger partial charge is 0.489 e. The number of rotatable bonds is 14. The van der Waals surface area contributed by atoms with Crippen molar-refractivity contribution >= 4 is 28.5 Å². The fraction of sp³-hybridized carbons (Fsp3) is 0.364. The Morgan fingerprint density at radius 3 is 2.43 bits per heavy atom. The van der Waals surface area contributed by atoms with Gasteiger partial charge in [-0.2, -0.15) is 0 Å². The fourth-order valence-electron chi connectivity index (χ4n) is 4.63. The first kappa shape index (κ1) is 28.0. The molecule has 3 rings (SSSR count). The summed E-state index contributed by atoms with van der Waals surface area (Å²) in [4.78, 5) is 12.6. The van der Waals surface area contributed by atoms with Crippen molar-refractivity contribution in [1.29, 1.82) is 0 Å². The van der Waals surface area contributed by atoms with Gasteiger partial charge < -0.3 is 15.4 Å². The number of benzene rings is 3. The normalized spacial score (nSPS) is 12.2. The van der Waals surface area contributed by atoms with Crippen molar-refractivity contribution in [2.45, 2.75) is 72.8 Å². The summed E-state index contributed by atoms with van der Waals surface area (Å²) in [7, 11) is 0. The molecular formula is C33H46N2O2. The fourth-order valence-corrected chi connectivity index (χ4v) is 4.63. The van der Waals surface area contributed by atoms with Crippen molar-refractivity contribution in [3.63, 3.8) is 0 Å². The van der Waals surface area contributed by atoms with Crippen molar-refractivity contribution in [3.8, 4) is 5.75 Å². The van der Waals surface area contributed by atoms with E-state index in [1.54, 1.807) is 0 Å². The first-order chi connectivity index (χ1) is 18.1. The average molecular weight is 503 g/mol. The summed E-state index contributed by atoms with van der Waals surface area (Å²) >= 11 is 0. The average Bonchev–Trinajstić information content (AvgIpc) is 2.92. The lowest BCUT2D eigenvalue weighted by Crippen LogP contribution is -2.13. The van der Waals surface area contributed by atoms with Crippen LogP contribution >= 0.6 is 0 Å². The van der Waals surface area contributed by atoms with E-state index in [0.29, 0.717) is 18.9 Å². The second-order valence-electron chi connectivity index (χ2n) is 9.50. The minimum Gasteiger partial charge on any atom is -0.489 e. The Morgan fingerprint density at radius 2 is 1.73 bits per heavy atom. The highest BCUT2D eigenvalue weighted by Crippen LogP contribution is 2.33. The lowest BCUT2D eigenvalue weighted by Gasteiger charge is -2.17. The van der Waals surface area contributed by atoms with Gasteiger partial charge in [-0.25, -0.2) is 0 Å². The molecule has 0 bridgehead atoms. The zero-order valence-electron chi connectivity index (χ0n) is 22.8. The molecule has 1 amide bonds. The molecule has 0 heterocycles. The van der Waals surface area contributed by atoms with Gasteiger partial charge >= 0.3 is 0 Å². The number of allylic oxidation sites excluding steroid dienone is 2. The number of hydrogen-bond donors (Lipinski definition) is 2. The van der Waals surface area contributed by atoms with Gasteiger partial charge in [0.15, 0.2) is 0 Å². The molecule has 4 nitrogen and oxygen atoms in total. The molecule has 0 aromatic heterocycles. The zero-order valence-corrected chi connectivity index (χ0v) is 22.8. The molecule has 1 atom stereocenters. The summed E-state index contributed by atoms with van der Waals surface area (Å²) in [5.41, 5.74) is 6.25. The number of carbonyl (C=O) groups excluding carboxylic acids is 1. The van der Waals surface area contributed by atoms with E-state index in [1.165, 1.54) is 18.4 Å². The predicted molar refractivity (Wildman–Crippen MR) is 162 cm³/mol. The van der Waals surface area contributed by atoms with Crippen LogP contribution < -0.4 is 15.4 Å². The first-order valence-corrected chi connectivity index (χ1v) is 13.7. The van der Waals surface area contributed by atoms with Gasteiger partial charge in [-0.3, -0.25) is 4.79 Å². The molecule has 0 aliphatic heterocycles. The Balaban J connectivity index is 0.00000380. The molecule has 2 N–H and O–H groups in total. The highest BCUT2D eigenvalue weighted by Gasteiger charge is 2.12. The minimum absolute atomic E-state index is 0. The van der Waals surface area contributed by atoms with E-state index in [0.717, 1.165) is 53.2 Å². The molecule has 37 heavy (non-hydrogen) atoms. The lowest BCUT2D eigenvalue weighted by atomic mass is 9.95. The third-order valence-corrected chi connectivity index (χ3v) is 6.79. The van der Waals surface area contributed by atoms with E-state index in [-0.39, 0.29) is 8.76 Å².